The van der Waals surface area contributed by atoms with E-state index < -0.39 is 11.8 Å². The summed E-state index contributed by atoms with van der Waals surface area (Å²) in [5, 5.41) is 0. The summed E-state index contributed by atoms with van der Waals surface area (Å²) in [6.07, 6.45) is 4.81. The lowest BCUT2D eigenvalue weighted by Gasteiger charge is -2.42. The van der Waals surface area contributed by atoms with Gasteiger partial charge in [0, 0.05) is 18.7 Å². The van der Waals surface area contributed by atoms with Crippen LogP contribution in [0.25, 0.3) is 0 Å². The van der Waals surface area contributed by atoms with Gasteiger partial charge in [-0.05, 0) is 44.7 Å². The van der Waals surface area contributed by atoms with Gasteiger partial charge < -0.3 is 14.4 Å². The monoisotopic (exact) mass is 372 g/mol. The first-order chi connectivity index (χ1) is 13.1. The Morgan fingerprint density at radius 1 is 1.04 bits per heavy atom. The van der Waals surface area contributed by atoms with E-state index in [-0.39, 0.29) is 18.4 Å². The summed E-state index contributed by atoms with van der Waals surface area (Å²) in [7, 11) is 0. The number of ether oxygens (including phenoxy) is 2. The van der Waals surface area contributed by atoms with Gasteiger partial charge in [0.05, 0.1) is 19.8 Å². The topological polar surface area (TPSA) is 59.1 Å². The first-order valence-corrected chi connectivity index (χ1v) is 10.0. The molecule has 3 aliphatic rings. The van der Waals surface area contributed by atoms with Gasteiger partial charge in [0.1, 0.15) is 11.8 Å². The number of aryl methyl sites for hydroxylation is 1. The van der Waals surface area contributed by atoms with Crippen LogP contribution in [-0.2, 0) is 14.3 Å². The molecular formula is C21H28N2O4. The lowest BCUT2D eigenvalue weighted by molar-refractivity contribution is -0.141. The van der Waals surface area contributed by atoms with Crippen LogP contribution >= 0.6 is 0 Å². The van der Waals surface area contributed by atoms with Gasteiger partial charge in [-0.25, -0.2) is 0 Å². The third-order valence-corrected chi connectivity index (χ3v) is 6.02. The SMILES string of the molecule is Cc1ccc(C(=O)N2C(C(=O)N3CCOCC3)COC23CCCCC3)cc1. The van der Waals surface area contributed by atoms with E-state index in [1.165, 1.54) is 0 Å². The molecule has 1 aromatic carbocycles. The predicted octanol–water partition coefficient (Wildman–Crippen LogP) is 2.36. The number of benzene rings is 1. The molecule has 1 spiro atoms. The molecule has 6 heteroatoms. The molecule has 2 saturated heterocycles. The Hall–Kier alpha value is -1.92. The number of hydrogen-bond acceptors (Lipinski definition) is 4. The third-order valence-electron chi connectivity index (χ3n) is 6.02. The van der Waals surface area contributed by atoms with Crippen LogP contribution in [0.15, 0.2) is 24.3 Å². The van der Waals surface area contributed by atoms with E-state index in [1.807, 2.05) is 36.1 Å². The van der Waals surface area contributed by atoms with Gasteiger partial charge in [0.2, 0.25) is 5.91 Å². The van der Waals surface area contributed by atoms with Gasteiger partial charge in [0.15, 0.2) is 0 Å². The molecule has 1 atom stereocenters. The molecule has 1 saturated carbocycles. The van der Waals surface area contributed by atoms with Crippen molar-refractivity contribution < 1.29 is 19.1 Å². The number of morpholine rings is 1. The minimum atomic E-state index is -0.632. The maximum atomic E-state index is 13.5. The fraction of sp³-hybridized carbons (Fsp3) is 0.619. The molecule has 4 rings (SSSR count). The molecule has 1 aromatic rings. The molecule has 1 unspecified atom stereocenters. The molecule has 0 aromatic heterocycles. The molecule has 1 aliphatic carbocycles. The number of carbonyl (C=O) groups excluding carboxylic acids is 2. The van der Waals surface area contributed by atoms with Crippen molar-refractivity contribution in [3.05, 3.63) is 35.4 Å². The summed E-state index contributed by atoms with van der Waals surface area (Å²) in [4.78, 5) is 30.3. The highest BCUT2D eigenvalue weighted by Crippen LogP contribution is 2.41. The van der Waals surface area contributed by atoms with E-state index >= 15 is 0 Å². The lowest BCUT2D eigenvalue weighted by atomic mass is 9.89. The van der Waals surface area contributed by atoms with Gasteiger partial charge >= 0.3 is 0 Å². The van der Waals surface area contributed by atoms with Crippen LogP contribution in [0.4, 0.5) is 0 Å². The van der Waals surface area contributed by atoms with Crippen LogP contribution in [-0.4, -0.2) is 66.3 Å². The van der Waals surface area contributed by atoms with Gasteiger partial charge in [-0.2, -0.15) is 0 Å². The van der Waals surface area contributed by atoms with Crippen molar-refractivity contribution in [1.82, 2.24) is 9.80 Å². The zero-order valence-corrected chi connectivity index (χ0v) is 16.0. The van der Waals surface area contributed by atoms with Crippen LogP contribution in [0, 0.1) is 6.92 Å². The highest BCUT2D eigenvalue weighted by Gasteiger charge is 2.53. The van der Waals surface area contributed by atoms with Crippen molar-refractivity contribution in [2.45, 2.75) is 50.8 Å². The van der Waals surface area contributed by atoms with Gasteiger partial charge in [-0.3, -0.25) is 14.5 Å². The zero-order valence-electron chi connectivity index (χ0n) is 16.0. The maximum absolute atomic E-state index is 13.5. The molecule has 2 aliphatic heterocycles. The second-order valence-electron chi connectivity index (χ2n) is 7.81. The minimum absolute atomic E-state index is 0.0128. The van der Waals surface area contributed by atoms with E-state index in [0.717, 1.165) is 37.7 Å². The molecule has 2 amide bonds. The van der Waals surface area contributed by atoms with E-state index in [4.69, 9.17) is 9.47 Å². The van der Waals surface area contributed by atoms with Crippen LogP contribution in [0.5, 0.6) is 0 Å². The molecule has 0 bridgehead atoms. The third kappa shape index (κ3) is 3.48. The second kappa shape index (κ2) is 7.60. The van der Waals surface area contributed by atoms with E-state index in [9.17, 15) is 9.59 Å². The number of rotatable bonds is 2. The fourth-order valence-electron chi connectivity index (χ4n) is 4.49. The highest BCUT2D eigenvalue weighted by atomic mass is 16.5. The summed E-state index contributed by atoms with van der Waals surface area (Å²) >= 11 is 0. The van der Waals surface area contributed by atoms with Crippen LogP contribution < -0.4 is 0 Å². The quantitative estimate of drug-likeness (QED) is 0.800. The Labute approximate surface area is 160 Å². The molecule has 146 valence electrons. The summed E-state index contributed by atoms with van der Waals surface area (Å²) in [6.45, 7) is 4.55. The Morgan fingerprint density at radius 3 is 2.37 bits per heavy atom. The number of hydrogen-bond donors (Lipinski definition) is 0. The van der Waals surface area contributed by atoms with E-state index in [1.54, 1.807) is 4.90 Å². The molecule has 0 N–H and O–H groups in total. The Bertz CT molecular complexity index is 691. The second-order valence-corrected chi connectivity index (χ2v) is 7.81. The van der Waals surface area contributed by atoms with Gasteiger partial charge in [0.25, 0.3) is 5.91 Å². The number of carbonyl (C=O) groups is 2. The van der Waals surface area contributed by atoms with Crippen molar-refractivity contribution in [2.75, 3.05) is 32.9 Å². The van der Waals surface area contributed by atoms with Crippen molar-refractivity contribution >= 4 is 11.8 Å². The Morgan fingerprint density at radius 2 is 1.70 bits per heavy atom. The smallest absolute Gasteiger partial charge is 0.256 e. The van der Waals surface area contributed by atoms with Crippen LogP contribution in [0.2, 0.25) is 0 Å². The van der Waals surface area contributed by atoms with Crippen molar-refractivity contribution in [1.29, 1.82) is 0 Å². The molecule has 27 heavy (non-hydrogen) atoms. The Balaban J connectivity index is 1.64. The normalized spacial score (nSPS) is 25.0. The predicted molar refractivity (Wildman–Crippen MR) is 100 cm³/mol. The van der Waals surface area contributed by atoms with Crippen LogP contribution in [0.3, 0.4) is 0 Å². The summed E-state index contributed by atoms with van der Waals surface area (Å²) in [5.41, 5.74) is 1.10. The van der Waals surface area contributed by atoms with Crippen molar-refractivity contribution in [3.63, 3.8) is 0 Å². The van der Waals surface area contributed by atoms with E-state index in [2.05, 4.69) is 0 Å². The fourth-order valence-corrected chi connectivity index (χ4v) is 4.49. The van der Waals surface area contributed by atoms with Crippen molar-refractivity contribution in [3.8, 4) is 0 Å². The van der Waals surface area contributed by atoms with Gasteiger partial charge in [-0.1, -0.05) is 24.1 Å². The molecule has 0 radical (unpaired) electrons. The molecular weight excluding hydrogens is 344 g/mol. The summed E-state index contributed by atoms with van der Waals surface area (Å²) < 4.78 is 11.6. The largest absolute Gasteiger partial charge is 0.378 e. The average Bonchev–Trinajstić information content (AvgIpc) is 3.07. The van der Waals surface area contributed by atoms with E-state index in [0.29, 0.717) is 31.9 Å². The number of amides is 2. The average molecular weight is 372 g/mol. The molecule has 6 nitrogen and oxygen atoms in total. The van der Waals surface area contributed by atoms with Gasteiger partial charge in [-0.15, -0.1) is 0 Å². The number of nitrogens with zero attached hydrogens (tertiary/aromatic N) is 2. The lowest BCUT2D eigenvalue weighted by Crippen LogP contribution is -2.58. The minimum Gasteiger partial charge on any atom is -0.378 e. The Kier molecular flexibility index (Phi) is 5.19. The first-order valence-electron chi connectivity index (χ1n) is 10.0. The summed E-state index contributed by atoms with van der Waals surface area (Å²) in [5.74, 6) is -0.109. The molecule has 3 fully saturated rings. The molecule has 2 heterocycles. The van der Waals surface area contributed by atoms with Crippen molar-refractivity contribution in [2.24, 2.45) is 0 Å². The van der Waals surface area contributed by atoms with Crippen LogP contribution in [0.1, 0.15) is 48.0 Å². The highest BCUT2D eigenvalue weighted by molar-refractivity contribution is 5.98. The maximum Gasteiger partial charge on any atom is 0.256 e. The zero-order chi connectivity index (χ0) is 18.9. The standard InChI is InChI=1S/C21H28N2O4/c1-16-5-7-17(8-6-16)19(24)23-18(20(25)22-11-13-26-14-12-22)15-27-21(23)9-3-2-4-10-21/h5-8,18H,2-4,9-15H2,1H3. The summed E-state index contributed by atoms with van der Waals surface area (Å²) in [6, 6.07) is 7.04. The first kappa shape index (κ1) is 18.4.